The molecule has 35 heavy (non-hydrogen) atoms. The first-order valence-electron chi connectivity index (χ1n) is 11.7. The lowest BCUT2D eigenvalue weighted by Gasteiger charge is -2.21. The standard InChI is InChI=1S/C26H30N4O3S.ClH/c1-4-19-9-7-10-23-24(19)28-26(34-23)30(15-8-14-29-16-13-27-18-29)25(31)20-11-12-21(32-5-2)22(17-20)33-6-3;/h7,9-13,16-18H,4-6,8,14-15H2,1-3H3;1H. The van der Waals surface area contributed by atoms with E-state index in [1.165, 1.54) is 5.56 Å². The third-order valence-electron chi connectivity index (χ3n) is 5.50. The Bertz CT molecular complexity index is 1240. The van der Waals surface area contributed by atoms with E-state index in [4.69, 9.17) is 14.5 Å². The predicted octanol–water partition coefficient (Wildman–Crippen LogP) is 6.01. The fourth-order valence-corrected chi connectivity index (χ4v) is 4.89. The maximum absolute atomic E-state index is 13.8. The maximum Gasteiger partial charge on any atom is 0.260 e. The van der Waals surface area contributed by atoms with Gasteiger partial charge < -0.3 is 14.0 Å². The molecule has 0 atom stereocenters. The molecule has 0 fully saturated rings. The average molecular weight is 515 g/mol. The highest BCUT2D eigenvalue weighted by Gasteiger charge is 2.23. The number of benzene rings is 2. The molecule has 4 rings (SSSR count). The molecule has 7 nitrogen and oxygen atoms in total. The first-order valence-corrected chi connectivity index (χ1v) is 12.5. The molecular formula is C26H31ClN4O3S. The number of halogens is 1. The molecule has 2 aromatic carbocycles. The lowest BCUT2D eigenvalue weighted by molar-refractivity contribution is 0.0985. The molecule has 0 N–H and O–H groups in total. The molecular weight excluding hydrogens is 484 g/mol. The summed E-state index contributed by atoms with van der Waals surface area (Å²) in [6.07, 6.45) is 7.15. The maximum atomic E-state index is 13.8. The van der Waals surface area contributed by atoms with Crippen molar-refractivity contribution in [3.63, 3.8) is 0 Å². The van der Waals surface area contributed by atoms with E-state index in [1.54, 1.807) is 47.0 Å². The van der Waals surface area contributed by atoms with Crippen LogP contribution in [0.2, 0.25) is 0 Å². The van der Waals surface area contributed by atoms with Gasteiger partial charge in [0, 0.05) is 31.0 Å². The number of fused-ring (bicyclic) bond motifs is 1. The molecule has 186 valence electrons. The molecule has 9 heteroatoms. The predicted molar refractivity (Wildman–Crippen MR) is 144 cm³/mol. The number of aryl methyl sites for hydroxylation is 2. The SMILES string of the molecule is CCOc1ccc(C(=O)N(CCCn2ccnc2)c2nc3c(CC)cccc3s2)cc1OCC.Cl. The number of carbonyl (C=O) groups is 1. The number of anilines is 1. The van der Waals surface area contributed by atoms with Crippen LogP contribution in [-0.2, 0) is 13.0 Å². The van der Waals surface area contributed by atoms with Crippen LogP contribution in [0.15, 0.2) is 55.1 Å². The van der Waals surface area contributed by atoms with Crippen LogP contribution in [0.4, 0.5) is 5.13 Å². The van der Waals surface area contributed by atoms with Crippen molar-refractivity contribution < 1.29 is 14.3 Å². The minimum atomic E-state index is -0.105. The van der Waals surface area contributed by atoms with Crippen molar-refractivity contribution in [2.45, 2.75) is 40.2 Å². The van der Waals surface area contributed by atoms with Gasteiger partial charge in [-0.1, -0.05) is 30.4 Å². The zero-order valence-electron chi connectivity index (χ0n) is 20.3. The van der Waals surface area contributed by atoms with Gasteiger partial charge >= 0.3 is 0 Å². The number of hydrogen-bond acceptors (Lipinski definition) is 6. The summed E-state index contributed by atoms with van der Waals surface area (Å²) in [5.41, 5.74) is 2.70. The Hall–Kier alpha value is -3.10. The molecule has 0 aliphatic heterocycles. The van der Waals surface area contributed by atoms with E-state index >= 15 is 0 Å². The quantitative estimate of drug-likeness (QED) is 0.245. The normalized spacial score (nSPS) is 10.7. The number of carbonyl (C=O) groups excluding carboxylic acids is 1. The van der Waals surface area contributed by atoms with Gasteiger partial charge in [0.2, 0.25) is 0 Å². The van der Waals surface area contributed by atoms with Crippen LogP contribution in [0.3, 0.4) is 0 Å². The number of imidazole rings is 1. The smallest absolute Gasteiger partial charge is 0.260 e. The molecule has 0 unspecified atom stereocenters. The monoisotopic (exact) mass is 514 g/mol. The van der Waals surface area contributed by atoms with Gasteiger partial charge in [-0.25, -0.2) is 9.97 Å². The third-order valence-corrected chi connectivity index (χ3v) is 6.54. The van der Waals surface area contributed by atoms with Gasteiger partial charge in [-0.3, -0.25) is 9.69 Å². The minimum absolute atomic E-state index is 0. The number of amides is 1. The second kappa shape index (κ2) is 12.6. The van der Waals surface area contributed by atoms with E-state index in [9.17, 15) is 4.79 Å². The van der Waals surface area contributed by atoms with Crippen LogP contribution in [0.1, 0.15) is 43.1 Å². The second-order valence-electron chi connectivity index (χ2n) is 7.75. The molecule has 0 saturated heterocycles. The molecule has 0 aliphatic rings. The van der Waals surface area contributed by atoms with E-state index in [0.29, 0.717) is 42.0 Å². The third kappa shape index (κ3) is 6.13. The Labute approximate surface area is 216 Å². The van der Waals surface area contributed by atoms with Gasteiger partial charge in [-0.05, 0) is 56.5 Å². The van der Waals surface area contributed by atoms with Gasteiger partial charge in [0.05, 0.1) is 29.8 Å². The summed E-state index contributed by atoms with van der Waals surface area (Å²) in [5, 5.41) is 0.707. The van der Waals surface area contributed by atoms with E-state index in [2.05, 4.69) is 30.1 Å². The summed E-state index contributed by atoms with van der Waals surface area (Å²) in [6, 6.07) is 11.6. The van der Waals surface area contributed by atoms with Crippen molar-refractivity contribution in [3.8, 4) is 11.5 Å². The molecule has 2 aromatic heterocycles. The van der Waals surface area contributed by atoms with Crippen LogP contribution in [0, 0.1) is 0 Å². The lowest BCUT2D eigenvalue weighted by Crippen LogP contribution is -2.32. The van der Waals surface area contributed by atoms with Crippen molar-refractivity contribution >= 4 is 45.0 Å². The molecule has 0 aliphatic carbocycles. The zero-order valence-corrected chi connectivity index (χ0v) is 21.9. The fourth-order valence-electron chi connectivity index (χ4n) is 3.85. The molecule has 2 heterocycles. The van der Waals surface area contributed by atoms with Crippen molar-refractivity contribution in [1.82, 2.24) is 14.5 Å². The minimum Gasteiger partial charge on any atom is -0.490 e. The summed E-state index contributed by atoms with van der Waals surface area (Å²) >= 11 is 1.55. The van der Waals surface area contributed by atoms with Crippen molar-refractivity contribution in [3.05, 3.63) is 66.2 Å². The molecule has 0 bridgehead atoms. The highest BCUT2D eigenvalue weighted by atomic mass is 35.5. The molecule has 0 spiro atoms. The number of nitrogens with zero attached hydrogens (tertiary/aromatic N) is 4. The summed E-state index contributed by atoms with van der Waals surface area (Å²) in [5.74, 6) is 1.11. The van der Waals surface area contributed by atoms with Crippen molar-refractivity contribution in [1.29, 1.82) is 0 Å². The van der Waals surface area contributed by atoms with Crippen molar-refractivity contribution in [2.24, 2.45) is 0 Å². The van der Waals surface area contributed by atoms with Crippen LogP contribution in [-0.4, -0.2) is 40.2 Å². The van der Waals surface area contributed by atoms with Crippen LogP contribution >= 0.6 is 23.7 Å². The van der Waals surface area contributed by atoms with Crippen molar-refractivity contribution in [2.75, 3.05) is 24.7 Å². The number of aromatic nitrogens is 3. The Morgan fingerprint density at radius 1 is 1.09 bits per heavy atom. The highest BCUT2D eigenvalue weighted by molar-refractivity contribution is 7.22. The number of ether oxygens (including phenoxy) is 2. The van der Waals surface area contributed by atoms with E-state index < -0.39 is 0 Å². The number of para-hydroxylation sites is 1. The average Bonchev–Trinajstić information content (AvgIpc) is 3.52. The number of rotatable bonds is 11. The number of thiazole rings is 1. The molecule has 0 saturated carbocycles. The number of hydrogen-bond donors (Lipinski definition) is 0. The fraction of sp³-hybridized carbons (Fsp3) is 0.346. The molecule has 0 radical (unpaired) electrons. The second-order valence-corrected chi connectivity index (χ2v) is 8.76. The van der Waals surface area contributed by atoms with E-state index in [1.807, 2.05) is 24.6 Å². The molecule has 4 aromatic rings. The molecule has 1 amide bonds. The van der Waals surface area contributed by atoms with Crippen LogP contribution in [0.5, 0.6) is 11.5 Å². The Morgan fingerprint density at radius 3 is 2.60 bits per heavy atom. The van der Waals surface area contributed by atoms with Gasteiger partial charge in [0.25, 0.3) is 5.91 Å². The Kier molecular flexibility index (Phi) is 9.51. The van der Waals surface area contributed by atoms with Gasteiger partial charge in [0.15, 0.2) is 16.6 Å². The largest absolute Gasteiger partial charge is 0.490 e. The van der Waals surface area contributed by atoms with Gasteiger partial charge in [0.1, 0.15) is 0 Å². The van der Waals surface area contributed by atoms with Crippen LogP contribution < -0.4 is 14.4 Å². The summed E-state index contributed by atoms with van der Waals surface area (Å²) in [4.78, 5) is 24.6. The Balaban J connectivity index is 0.00000342. The summed E-state index contributed by atoms with van der Waals surface area (Å²) in [7, 11) is 0. The summed E-state index contributed by atoms with van der Waals surface area (Å²) in [6.45, 7) is 8.28. The van der Waals surface area contributed by atoms with Crippen LogP contribution in [0.25, 0.3) is 10.2 Å². The zero-order chi connectivity index (χ0) is 23.9. The van der Waals surface area contributed by atoms with Gasteiger partial charge in [-0.2, -0.15) is 0 Å². The van der Waals surface area contributed by atoms with Gasteiger partial charge in [-0.15, -0.1) is 12.4 Å². The first-order chi connectivity index (χ1) is 16.6. The lowest BCUT2D eigenvalue weighted by atomic mass is 10.1. The Morgan fingerprint density at radius 2 is 1.89 bits per heavy atom. The topological polar surface area (TPSA) is 69.5 Å². The highest BCUT2D eigenvalue weighted by Crippen LogP contribution is 2.34. The van der Waals surface area contributed by atoms with E-state index in [-0.39, 0.29) is 18.3 Å². The summed E-state index contributed by atoms with van der Waals surface area (Å²) < 4.78 is 14.5. The first kappa shape index (κ1) is 26.5. The van der Waals surface area contributed by atoms with E-state index in [0.717, 1.165) is 29.6 Å².